The van der Waals surface area contributed by atoms with Crippen molar-refractivity contribution in [3.8, 4) is 0 Å². The first-order valence-electron chi connectivity index (χ1n) is 6.76. The number of aromatic nitrogens is 2. The van der Waals surface area contributed by atoms with E-state index in [1.165, 1.54) is 6.20 Å². The summed E-state index contributed by atoms with van der Waals surface area (Å²) in [6, 6.07) is 0. The van der Waals surface area contributed by atoms with Gasteiger partial charge in [0, 0.05) is 19.3 Å². The van der Waals surface area contributed by atoms with Crippen LogP contribution in [0.25, 0.3) is 0 Å². The second kappa shape index (κ2) is 9.38. The van der Waals surface area contributed by atoms with E-state index >= 15 is 0 Å². The summed E-state index contributed by atoms with van der Waals surface area (Å²) < 4.78 is 28.3. The molecule has 0 saturated carbocycles. The van der Waals surface area contributed by atoms with Gasteiger partial charge in [-0.2, -0.15) is 16.9 Å². The van der Waals surface area contributed by atoms with Crippen molar-refractivity contribution in [2.24, 2.45) is 0 Å². The van der Waals surface area contributed by atoms with E-state index in [1.54, 1.807) is 10.9 Å². The molecule has 116 valence electrons. The lowest BCUT2D eigenvalue weighted by Gasteiger charge is -2.04. The average Bonchev–Trinajstić information content (AvgIpc) is 2.90. The van der Waals surface area contributed by atoms with Crippen LogP contribution >= 0.6 is 11.8 Å². The molecule has 0 aliphatic carbocycles. The van der Waals surface area contributed by atoms with Crippen LogP contribution in [-0.4, -0.2) is 50.3 Å². The Morgan fingerprint density at radius 3 is 2.80 bits per heavy atom. The highest BCUT2D eigenvalue weighted by molar-refractivity contribution is 7.98. The van der Waals surface area contributed by atoms with Gasteiger partial charge < -0.3 is 5.32 Å². The minimum atomic E-state index is -3.42. The van der Waals surface area contributed by atoms with Crippen LogP contribution in [0.5, 0.6) is 0 Å². The Bertz CT molecular complexity index is 474. The van der Waals surface area contributed by atoms with Crippen molar-refractivity contribution in [3.63, 3.8) is 0 Å². The Kier molecular flexibility index (Phi) is 8.20. The minimum Gasteiger partial charge on any atom is -0.318 e. The summed E-state index contributed by atoms with van der Waals surface area (Å²) >= 11 is 1.82. The number of unbranched alkanes of at least 4 members (excludes halogenated alkanes) is 2. The maximum atomic E-state index is 12.0. The number of nitrogens with one attached hydrogen (secondary N) is 2. The highest BCUT2D eigenvalue weighted by Crippen LogP contribution is 2.07. The zero-order valence-electron chi connectivity index (χ0n) is 12.1. The fourth-order valence-electron chi connectivity index (χ4n) is 1.67. The quantitative estimate of drug-likeness (QED) is 0.593. The van der Waals surface area contributed by atoms with Crippen LogP contribution < -0.4 is 10.0 Å². The molecule has 0 atom stereocenters. The Balaban J connectivity index is 2.38. The largest absolute Gasteiger partial charge is 0.318 e. The molecule has 8 heteroatoms. The summed E-state index contributed by atoms with van der Waals surface area (Å²) in [5.41, 5.74) is 0. The second-order valence-corrected chi connectivity index (χ2v) is 7.25. The monoisotopic (exact) mass is 320 g/mol. The van der Waals surface area contributed by atoms with Gasteiger partial charge in [-0.05, 0) is 31.9 Å². The molecule has 20 heavy (non-hydrogen) atoms. The van der Waals surface area contributed by atoms with Gasteiger partial charge in [-0.15, -0.1) is 0 Å². The first kappa shape index (κ1) is 17.5. The number of nitrogens with zero attached hydrogens (tertiary/aromatic N) is 2. The third kappa shape index (κ3) is 6.25. The summed E-state index contributed by atoms with van der Waals surface area (Å²) in [4.78, 5) is 0.234. The zero-order valence-corrected chi connectivity index (χ0v) is 13.8. The molecule has 1 rings (SSSR count). The maximum absolute atomic E-state index is 12.0. The van der Waals surface area contributed by atoms with E-state index in [1.807, 2.05) is 18.8 Å². The van der Waals surface area contributed by atoms with Crippen molar-refractivity contribution in [1.29, 1.82) is 0 Å². The second-order valence-electron chi connectivity index (χ2n) is 4.49. The first-order chi connectivity index (χ1) is 9.60. The van der Waals surface area contributed by atoms with Crippen LogP contribution in [0.1, 0.15) is 19.3 Å². The van der Waals surface area contributed by atoms with Gasteiger partial charge >= 0.3 is 0 Å². The standard InChI is InChI=1S/C12H24N4O2S2/c1-13-7-8-16-11-12(10-14-16)20(17,18)15-6-4-3-5-9-19-2/h10-11,13,15H,3-9H2,1-2H3. The van der Waals surface area contributed by atoms with Crippen LogP contribution in [0.3, 0.4) is 0 Å². The molecular formula is C12H24N4O2S2. The number of hydrogen-bond donors (Lipinski definition) is 2. The summed E-state index contributed by atoms with van der Waals surface area (Å²) in [7, 11) is -1.57. The molecule has 0 saturated heterocycles. The number of thioether (sulfide) groups is 1. The smallest absolute Gasteiger partial charge is 0.243 e. The van der Waals surface area contributed by atoms with E-state index in [-0.39, 0.29) is 4.90 Å². The van der Waals surface area contributed by atoms with Crippen molar-refractivity contribution < 1.29 is 8.42 Å². The maximum Gasteiger partial charge on any atom is 0.243 e. The Morgan fingerprint density at radius 1 is 1.30 bits per heavy atom. The lowest BCUT2D eigenvalue weighted by Crippen LogP contribution is -2.24. The van der Waals surface area contributed by atoms with Crippen LogP contribution in [0.2, 0.25) is 0 Å². The van der Waals surface area contributed by atoms with Crippen molar-refractivity contribution >= 4 is 21.8 Å². The van der Waals surface area contributed by atoms with Gasteiger partial charge in [0.1, 0.15) is 4.90 Å². The summed E-state index contributed by atoms with van der Waals surface area (Å²) in [5.74, 6) is 1.13. The Hall–Kier alpha value is -0.570. The third-order valence-corrected chi connectivity index (χ3v) is 4.94. The average molecular weight is 320 g/mol. The molecule has 1 heterocycles. The fraction of sp³-hybridized carbons (Fsp3) is 0.750. The van der Waals surface area contributed by atoms with Gasteiger partial charge in [0.05, 0.1) is 12.7 Å². The van der Waals surface area contributed by atoms with Crippen molar-refractivity contribution in [3.05, 3.63) is 12.4 Å². The topological polar surface area (TPSA) is 76.0 Å². The van der Waals surface area contributed by atoms with Crippen LogP contribution in [0.4, 0.5) is 0 Å². The van der Waals surface area contributed by atoms with Crippen molar-refractivity contribution in [2.45, 2.75) is 30.7 Å². The first-order valence-corrected chi connectivity index (χ1v) is 9.63. The van der Waals surface area contributed by atoms with E-state index in [0.717, 1.165) is 31.6 Å². The normalized spacial score (nSPS) is 11.9. The van der Waals surface area contributed by atoms with Crippen molar-refractivity contribution in [1.82, 2.24) is 19.8 Å². The molecule has 0 spiro atoms. The lowest BCUT2D eigenvalue weighted by atomic mass is 10.2. The number of sulfonamides is 1. The number of rotatable bonds is 11. The molecule has 0 fully saturated rings. The molecule has 1 aromatic heterocycles. The fourth-order valence-corrected chi connectivity index (χ4v) is 3.19. The van der Waals surface area contributed by atoms with Gasteiger partial charge in [0.15, 0.2) is 0 Å². The molecule has 0 aromatic carbocycles. The lowest BCUT2D eigenvalue weighted by molar-refractivity contribution is 0.572. The summed E-state index contributed by atoms with van der Waals surface area (Å²) in [6.45, 7) is 1.89. The van der Waals surface area contributed by atoms with E-state index < -0.39 is 10.0 Å². The third-order valence-electron chi connectivity index (χ3n) is 2.83. The van der Waals surface area contributed by atoms with Gasteiger partial charge in [0.25, 0.3) is 0 Å². The van der Waals surface area contributed by atoms with Gasteiger partial charge in [-0.1, -0.05) is 6.42 Å². The summed E-state index contributed by atoms with van der Waals surface area (Å²) in [6.07, 6.45) is 8.08. The number of hydrogen-bond acceptors (Lipinski definition) is 5. The highest BCUT2D eigenvalue weighted by Gasteiger charge is 2.15. The van der Waals surface area contributed by atoms with E-state index in [9.17, 15) is 8.42 Å². The number of likely N-dealkylation sites (N-methyl/N-ethyl adjacent to an activating group) is 1. The molecule has 0 unspecified atom stereocenters. The minimum absolute atomic E-state index is 0.234. The molecule has 1 aromatic rings. The van der Waals surface area contributed by atoms with E-state index in [0.29, 0.717) is 13.1 Å². The van der Waals surface area contributed by atoms with Crippen molar-refractivity contribution in [2.75, 3.05) is 32.1 Å². The summed E-state index contributed by atoms with van der Waals surface area (Å²) in [5, 5.41) is 7.04. The molecular weight excluding hydrogens is 296 g/mol. The molecule has 0 amide bonds. The zero-order chi connectivity index (χ0) is 14.8. The van der Waals surface area contributed by atoms with E-state index in [4.69, 9.17) is 0 Å². The molecule has 0 aliphatic heterocycles. The highest BCUT2D eigenvalue weighted by atomic mass is 32.2. The predicted molar refractivity (Wildman–Crippen MR) is 83.6 cm³/mol. The van der Waals surface area contributed by atoms with Crippen LogP contribution in [0.15, 0.2) is 17.3 Å². The predicted octanol–water partition coefficient (Wildman–Crippen LogP) is 0.914. The molecule has 0 radical (unpaired) electrons. The molecule has 0 aliphatic rings. The SMILES string of the molecule is CNCCn1cc(S(=O)(=O)NCCCCCSC)cn1. The molecule has 2 N–H and O–H groups in total. The van der Waals surface area contributed by atoms with E-state index in [2.05, 4.69) is 21.4 Å². The van der Waals surface area contributed by atoms with Gasteiger partial charge in [-0.3, -0.25) is 4.68 Å². The molecule has 0 bridgehead atoms. The van der Waals surface area contributed by atoms with Crippen LogP contribution in [0, 0.1) is 0 Å². The van der Waals surface area contributed by atoms with Gasteiger partial charge in [0.2, 0.25) is 10.0 Å². The van der Waals surface area contributed by atoms with Crippen LogP contribution in [-0.2, 0) is 16.6 Å². The Labute approximate surface area is 125 Å². The van der Waals surface area contributed by atoms with Gasteiger partial charge in [-0.25, -0.2) is 13.1 Å². The Morgan fingerprint density at radius 2 is 2.10 bits per heavy atom. The molecule has 6 nitrogen and oxygen atoms in total.